The Bertz CT molecular complexity index is 322. The molecule has 0 aliphatic carbocycles. The minimum absolute atomic E-state index is 0.435. The van der Waals surface area contributed by atoms with E-state index in [1.165, 1.54) is 0 Å². The highest BCUT2D eigenvalue weighted by molar-refractivity contribution is 6.34. The Morgan fingerprint density at radius 2 is 0.759 bits per heavy atom. The zero-order chi connectivity index (χ0) is 22.2. The lowest BCUT2D eigenvalue weighted by molar-refractivity contribution is -0.405. The first-order valence-corrected chi connectivity index (χ1v) is 12.9. The van der Waals surface area contributed by atoms with Crippen LogP contribution >= 0.6 is 0 Å². The van der Waals surface area contributed by atoms with E-state index in [1.807, 2.05) is 55.4 Å². The molecule has 176 valence electrons. The first kappa shape index (κ1) is 29.1. The summed E-state index contributed by atoms with van der Waals surface area (Å²) < 4.78 is 51.8. The Labute approximate surface area is 181 Å². The van der Waals surface area contributed by atoms with Crippen LogP contribution in [0.1, 0.15) is 55.4 Å². The molecule has 0 bridgehead atoms. The topological polar surface area (TPSA) is 83.1 Å². The molecule has 11 heteroatoms. The molecule has 0 N–H and O–H groups in total. The van der Waals surface area contributed by atoms with Crippen molar-refractivity contribution in [3.63, 3.8) is 0 Å². The summed E-state index contributed by atoms with van der Waals surface area (Å²) in [6, 6.07) is 0. The average Bonchev–Trinajstić information content (AvgIpc) is 2.68. The van der Waals surface area contributed by atoms with Crippen molar-refractivity contribution in [3.05, 3.63) is 0 Å². The van der Waals surface area contributed by atoms with Crippen LogP contribution in [0.2, 0.25) is 0 Å². The Morgan fingerprint density at radius 3 is 0.966 bits per heavy atom. The van der Waals surface area contributed by atoms with Crippen molar-refractivity contribution in [2.75, 3.05) is 39.6 Å². The van der Waals surface area contributed by atoms with Crippen LogP contribution in [0.4, 0.5) is 0 Å². The molecule has 0 amide bonds. The lowest BCUT2D eigenvalue weighted by Crippen LogP contribution is -2.51. The largest absolute Gasteiger partial charge is 0.424 e. The molecule has 0 aliphatic rings. The van der Waals surface area contributed by atoms with E-state index < -0.39 is 44.2 Å². The smallest absolute Gasteiger partial charge is 0.309 e. The van der Waals surface area contributed by atoms with Gasteiger partial charge in [-0.1, -0.05) is 0 Å². The van der Waals surface area contributed by atoms with E-state index in [9.17, 15) is 0 Å². The van der Waals surface area contributed by atoms with Crippen LogP contribution in [0.5, 0.6) is 0 Å². The minimum Gasteiger partial charge on any atom is -0.424 e. The van der Waals surface area contributed by atoms with Gasteiger partial charge in [0.25, 0.3) is 20.0 Å². The van der Waals surface area contributed by atoms with E-state index in [-0.39, 0.29) is 0 Å². The second-order valence-corrected chi connectivity index (χ2v) is 8.63. The van der Waals surface area contributed by atoms with Crippen molar-refractivity contribution in [1.82, 2.24) is 0 Å². The van der Waals surface area contributed by atoms with E-state index in [0.717, 1.165) is 0 Å². The molecule has 0 fully saturated rings. The summed E-state index contributed by atoms with van der Waals surface area (Å²) in [5.74, 6) is -2.45. The zero-order valence-corrected chi connectivity index (χ0v) is 22.3. The molecular weight excluding hydrogens is 416 g/mol. The van der Waals surface area contributed by atoms with E-state index in [1.54, 1.807) is 0 Å². The fraction of sp³-hybridized carbons (Fsp3) is 1.00. The number of ether oxygens (including phenoxy) is 6. The fourth-order valence-electron chi connectivity index (χ4n) is 2.70. The summed E-state index contributed by atoms with van der Waals surface area (Å²) in [7, 11) is -2.63. The predicted molar refractivity (Wildman–Crippen MR) is 114 cm³/mol. The van der Waals surface area contributed by atoms with E-state index in [4.69, 9.17) is 41.4 Å². The molecule has 0 aromatic heterocycles. The minimum atomic E-state index is -1.31. The van der Waals surface area contributed by atoms with Crippen molar-refractivity contribution in [2.45, 2.75) is 79.5 Å². The Hall–Kier alpha value is 0.0738. The van der Waals surface area contributed by atoms with Gasteiger partial charge in [-0.15, -0.1) is 0 Å². The Kier molecular flexibility index (Phi) is 16.8. The molecule has 2 unspecified atom stereocenters. The van der Waals surface area contributed by atoms with E-state index in [2.05, 4.69) is 0 Å². The second-order valence-electron chi connectivity index (χ2n) is 5.86. The lowest BCUT2D eigenvalue weighted by Gasteiger charge is -2.37. The monoisotopic (exact) mass is 458 g/mol. The predicted octanol–water partition coefficient (Wildman–Crippen LogP) is 1.34. The van der Waals surface area contributed by atoms with Crippen molar-refractivity contribution >= 4 is 20.0 Å². The summed E-state index contributed by atoms with van der Waals surface area (Å²) in [5, 5.41) is 0. The molecule has 0 rings (SSSR count). The maximum Gasteiger partial charge on any atom is 0.309 e. The van der Waals surface area contributed by atoms with Crippen LogP contribution in [0.3, 0.4) is 0 Å². The standard InChI is InChI=1S/C18H42O9Si2/c1-9-19-17(20-10-2,21-11-3)15(7)25-28-27-29-26-16(8)18(22-12-4,23-13-5)24-14-6/h15-16H,9-14,28-29H2,1-8H3. The summed E-state index contributed by atoms with van der Waals surface area (Å²) in [6.45, 7) is 17.7. The van der Waals surface area contributed by atoms with Gasteiger partial charge in [0.15, 0.2) is 0 Å². The average molecular weight is 459 g/mol. The SMILES string of the molecule is CCOC(OCC)(OCC)C(C)O[SiH2]O[SiH2]OC(C)C(OCC)(OCC)OCC. The highest BCUT2D eigenvalue weighted by Gasteiger charge is 2.41. The van der Waals surface area contributed by atoms with Crippen LogP contribution in [-0.2, 0) is 41.4 Å². The van der Waals surface area contributed by atoms with Gasteiger partial charge in [-0.25, -0.2) is 0 Å². The maximum atomic E-state index is 5.88. The Balaban J connectivity index is 4.62. The molecule has 0 heterocycles. The van der Waals surface area contributed by atoms with E-state index in [0.29, 0.717) is 39.6 Å². The fourth-order valence-corrected chi connectivity index (χ4v) is 4.56. The van der Waals surface area contributed by atoms with Crippen molar-refractivity contribution in [1.29, 1.82) is 0 Å². The third-order valence-corrected chi connectivity index (χ3v) is 6.48. The van der Waals surface area contributed by atoms with Gasteiger partial charge in [0.05, 0.1) is 0 Å². The quantitative estimate of drug-likeness (QED) is 0.152. The molecule has 0 saturated heterocycles. The van der Waals surface area contributed by atoms with Gasteiger partial charge in [-0.2, -0.15) is 0 Å². The molecule has 0 radical (unpaired) electrons. The molecule has 29 heavy (non-hydrogen) atoms. The van der Waals surface area contributed by atoms with Gasteiger partial charge in [-0.3, -0.25) is 0 Å². The molecule has 0 aromatic rings. The molecule has 0 aliphatic heterocycles. The summed E-state index contributed by atoms with van der Waals surface area (Å²) in [5.41, 5.74) is 0. The first-order chi connectivity index (χ1) is 13.9. The molecule has 9 nitrogen and oxygen atoms in total. The zero-order valence-electron chi connectivity index (χ0n) is 19.5. The third kappa shape index (κ3) is 9.83. The Morgan fingerprint density at radius 1 is 0.517 bits per heavy atom. The number of hydrogen-bond acceptors (Lipinski definition) is 9. The van der Waals surface area contributed by atoms with Gasteiger partial charge < -0.3 is 41.4 Å². The van der Waals surface area contributed by atoms with Gasteiger partial charge >= 0.3 is 11.9 Å². The van der Waals surface area contributed by atoms with Gasteiger partial charge in [0.1, 0.15) is 12.2 Å². The number of hydrogen-bond donors (Lipinski definition) is 0. The van der Waals surface area contributed by atoms with E-state index >= 15 is 0 Å². The van der Waals surface area contributed by atoms with Crippen LogP contribution in [0, 0.1) is 0 Å². The maximum absolute atomic E-state index is 5.88. The van der Waals surface area contributed by atoms with Crippen molar-refractivity contribution in [3.8, 4) is 0 Å². The highest BCUT2D eigenvalue weighted by Crippen LogP contribution is 2.24. The normalized spacial score (nSPS) is 15.7. The van der Waals surface area contributed by atoms with Gasteiger partial charge in [0.2, 0.25) is 0 Å². The third-order valence-electron chi connectivity index (χ3n) is 3.87. The second kappa shape index (κ2) is 16.7. The van der Waals surface area contributed by atoms with Crippen LogP contribution in [0.25, 0.3) is 0 Å². The van der Waals surface area contributed by atoms with Crippen LogP contribution in [-0.4, -0.2) is 83.8 Å². The molecule has 2 atom stereocenters. The first-order valence-electron chi connectivity index (χ1n) is 10.6. The molecule has 0 aromatic carbocycles. The lowest BCUT2D eigenvalue weighted by atomic mass is 10.3. The van der Waals surface area contributed by atoms with Crippen LogP contribution in [0.15, 0.2) is 0 Å². The molecule has 0 spiro atoms. The summed E-state index contributed by atoms with van der Waals surface area (Å²) in [6.07, 6.45) is -0.871. The summed E-state index contributed by atoms with van der Waals surface area (Å²) >= 11 is 0. The summed E-state index contributed by atoms with van der Waals surface area (Å²) in [4.78, 5) is 0. The van der Waals surface area contributed by atoms with Crippen molar-refractivity contribution < 1.29 is 41.4 Å². The molecular formula is C18H42O9Si2. The van der Waals surface area contributed by atoms with Gasteiger partial charge in [0, 0.05) is 39.6 Å². The highest BCUT2D eigenvalue weighted by atomic mass is 28.3. The van der Waals surface area contributed by atoms with Gasteiger partial charge in [-0.05, 0) is 55.4 Å². The van der Waals surface area contributed by atoms with Crippen LogP contribution < -0.4 is 0 Å². The van der Waals surface area contributed by atoms with Crippen molar-refractivity contribution in [2.24, 2.45) is 0 Å². The number of rotatable bonds is 20. The molecule has 0 saturated carbocycles.